The first-order valence-corrected chi connectivity index (χ1v) is 6.43. The standard InChI is InChI=1S/C14H15NOS/c1-11-4-2-3-5-14(17-11)10-15-12-6-8-13(16)9-7-12/h4-10,16H,2-3H2,1H3/b15-10+. The van der Waals surface area contributed by atoms with Gasteiger partial charge in [-0.1, -0.05) is 23.9 Å². The van der Waals surface area contributed by atoms with E-state index in [0.29, 0.717) is 0 Å². The van der Waals surface area contributed by atoms with Gasteiger partial charge in [0.15, 0.2) is 0 Å². The molecule has 17 heavy (non-hydrogen) atoms. The van der Waals surface area contributed by atoms with Crippen molar-refractivity contribution in [2.75, 3.05) is 0 Å². The van der Waals surface area contributed by atoms with Crippen LogP contribution in [0.1, 0.15) is 19.8 Å². The van der Waals surface area contributed by atoms with Crippen LogP contribution in [0.4, 0.5) is 5.69 Å². The zero-order valence-electron chi connectivity index (χ0n) is 9.76. The molecule has 0 aliphatic carbocycles. The Balaban J connectivity index is 2.07. The van der Waals surface area contributed by atoms with Gasteiger partial charge in [0.05, 0.1) is 5.69 Å². The van der Waals surface area contributed by atoms with Crippen LogP contribution in [-0.4, -0.2) is 11.3 Å². The summed E-state index contributed by atoms with van der Waals surface area (Å²) in [5.41, 5.74) is 0.857. The lowest BCUT2D eigenvalue weighted by atomic mass is 10.3. The molecule has 0 aromatic heterocycles. The zero-order valence-corrected chi connectivity index (χ0v) is 10.6. The predicted molar refractivity (Wildman–Crippen MR) is 74.9 cm³/mol. The number of rotatable bonds is 2. The minimum absolute atomic E-state index is 0.269. The highest BCUT2D eigenvalue weighted by Gasteiger charge is 2.01. The van der Waals surface area contributed by atoms with Gasteiger partial charge in [0.2, 0.25) is 0 Å². The molecule has 0 bridgehead atoms. The normalized spacial score (nSPS) is 16.5. The molecule has 0 radical (unpaired) electrons. The number of thioether (sulfide) groups is 1. The third-order valence-corrected chi connectivity index (χ3v) is 3.41. The summed E-state index contributed by atoms with van der Waals surface area (Å²) in [6, 6.07) is 6.89. The Labute approximate surface area is 106 Å². The average molecular weight is 245 g/mol. The van der Waals surface area contributed by atoms with Crippen LogP contribution in [0.3, 0.4) is 0 Å². The molecule has 1 aromatic rings. The highest BCUT2D eigenvalue weighted by Crippen LogP contribution is 2.28. The number of phenolic OH excluding ortho intramolecular Hbond substituents is 1. The van der Waals surface area contributed by atoms with Gasteiger partial charge >= 0.3 is 0 Å². The summed E-state index contributed by atoms with van der Waals surface area (Å²) in [4.78, 5) is 6.90. The molecule has 0 unspecified atom stereocenters. The summed E-state index contributed by atoms with van der Waals surface area (Å²) in [5, 5.41) is 9.17. The minimum Gasteiger partial charge on any atom is -0.508 e. The first-order chi connectivity index (χ1) is 8.24. The van der Waals surface area contributed by atoms with Crippen LogP contribution in [-0.2, 0) is 0 Å². The number of nitrogens with zero attached hydrogens (tertiary/aromatic N) is 1. The van der Waals surface area contributed by atoms with E-state index in [9.17, 15) is 5.11 Å². The van der Waals surface area contributed by atoms with E-state index in [1.54, 1.807) is 36.0 Å². The molecule has 0 amide bonds. The molecule has 0 atom stereocenters. The van der Waals surface area contributed by atoms with Gasteiger partial charge in [-0.15, -0.1) is 0 Å². The van der Waals surface area contributed by atoms with Gasteiger partial charge in [0.1, 0.15) is 5.75 Å². The molecule has 1 aliphatic rings. The van der Waals surface area contributed by atoms with Crippen molar-refractivity contribution in [2.24, 2.45) is 4.99 Å². The number of benzene rings is 1. The van der Waals surface area contributed by atoms with Crippen molar-refractivity contribution in [3.63, 3.8) is 0 Å². The van der Waals surface area contributed by atoms with Gasteiger partial charge in [-0.25, -0.2) is 0 Å². The van der Waals surface area contributed by atoms with Crippen LogP contribution in [0.15, 0.2) is 51.2 Å². The Bertz CT molecular complexity index is 472. The van der Waals surface area contributed by atoms with Crippen LogP contribution in [0.25, 0.3) is 0 Å². The monoisotopic (exact) mass is 245 g/mol. The fraction of sp³-hybridized carbons (Fsp3) is 0.214. The van der Waals surface area contributed by atoms with Gasteiger partial charge in [-0.2, -0.15) is 0 Å². The molecule has 1 N–H and O–H groups in total. The molecule has 0 saturated heterocycles. The Morgan fingerprint density at radius 1 is 1.18 bits per heavy atom. The SMILES string of the molecule is CC1=CCCC=C(/C=N/c2ccc(O)cc2)S1. The Morgan fingerprint density at radius 2 is 1.88 bits per heavy atom. The molecule has 3 heteroatoms. The Morgan fingerprint density at radius 3 is 2.65 bits per heavy atom. The Kier molecular flexibility index (Phi) is 4.04. The number of allylic oxidation sites excluding steroid dienone is 4. The molecule has 0 fully saturated rings. The summed E-state index contributed by atoms with van der Waals surface area (Å²) in [7, 11) is 0. The lowest BCUT2D eigenvalue weighted by Crippen LogP contribution is -1.78. The number of hydrogen-bond donors (Lipinski definition) is 1. The quantitative estimate of drug-likeness (QED) is 0.783. The molecule has 2 nitrogen and oxygen atoms in total. The van der Waals surface area contributed by atoms with Crippen LogP contribution < -0.4 is 0 Å². The molecule has 88 valence electrons. The van der Waals surface area contributed by atoms with Gasteiger partial charge in [-0.3, -0.25) is 4.99 Å². The van der Waals surface area contributed by atoms with E-state index in [2.05, 4.69) is 24.1 Å². The van der Waals surface area contributed by atoms with Crippen LogP contribution in [0.2, 0.25) is 0 Å². The summed E-state index contributed by atoms with van der Waals surface area (Å²) >= 11 is 1.75. The van der Waals surface area contributed by atoms with Crippen LogP contribution in [0, 0.1) is 0 Å². The van der Waals surface area contributed by atoms with Gasteiger partial charge in [0.25, 0.3) is 0 Å². The number of phenols is 1. The van der Waals surface area contributed by atoms with Crippen molar-refractivity contribution >= 4 is 23.7 Å². The van der Waals surface area contributed by atoms with Gasteiger partial charge in [0, 0.05) is 11.1 Å². The van der Waals surface area contributed by atoms with Gasteiger partial charge < -0.3 is 5.11 Å². The smallest absolute Gasteiger partial charge is 0.115 e. The molecule has 1 heterocycles. The van der Waals surface area contributed by atoms with Crippen LogP contribution >= 0.6 is 11.8 Å². The summed E-state index contributed by atoms with van der Waals surface area (Å²) in [5.74, 6) is 0.269. The lowest BCUT2D eigenvalue weighted by molar-refractivity contribution is 0.475. The third kappa shape index (κ3) is 3.79. The van der Waals surface area contributed by atoms with E-state index in [0.717, 1.165) is 18.5 Å². The fourth-order valence-electron chi connectivity index (χ4n) is 1.54. The third-order valence-electron chi connectivity index (χ3n) is 2.41. The van der Waals surface area contributed by atoms with Crippen molar-refractivity contribution in [3.8, 4) is 5.75 Å². The van der Waals surface area contributed by atoms with E-state index >= 15 is 0 Å². The highest BCUT2D eigenvalue weighted by atomic mass is 32.2. The maximum Gasteiger partial charge on any atom is 0.115 e. The van der Waals surface area contributed by atoms with E-state index in [1.807, 2.05) is 6.21 Å². The van der Waals surface area contributed by atoms with Crippen molar-refractivity contribution < 1.29 is 5.11 Å². The van der Waals surface area contributed by atoms with Crippen LogP contribution in [0.5, 0.6) is 5.75 Å². The average Bonchev–Trinajstić information content (AvgIpc) is 2.53. The maximum absolute atomic E-state index is 9.17. The van der Waals surface area contributed by atoms with E-state index in [4.69, 9.17) is 0 Å². The second-order valence-corrected chi connectivity index (χ2v) is 5.19. The summed E-state index contributed by atoms with van der Waals surface area (Å²) < 4.78 is 0. The first-order valence-electron chi connectivity index (χ1n) is 5.62. The van der Waals surface area contributed by atoms with Gasteiger partial charge in [-0.05, 0) is 48.9 Å². The summed E-state index contributed by atoms with van der Waals surface area (Å²) in [6.07, 6.45) is 8.53. The van der Waals surface area contributed by atoms with E-state index in [1.165, 1.54) is 9.81 Å². The molecule has 0 saturated carbocycles. The molecule has 1 aliphatic heterocycles. The molecular weight excluding hydrogens is 230 g/mol. The first kappa shape index (κ1) is 12.0. The van der Waals surface area contributed by atoms with Crippen molar-refractivity contribution in [1.82, 2.24) is 0 Å². The largest absolute Gasteiger partial charge is 0.508 e. The predicted octanol–water partition coefficient (Wildman–Crippen LogP) is 4.41. The van der Waals surface area contributed by atoms with Crippen molar-refractivity contribution in [1.29, 1.82) is 0 Å². The Hall–Kier alpha value is -1.48. The topological polar surface area (TPSA) is 32.6 Å². The highest BCUT2D eigenvalue weighted by molar-refractivity contribution is 8.07. The molecule has 2 rings (SSSR count). The van der Waals surface area contributed by atoms with E-state index < -0.39 is 0 Å². The lowest BCUT2D eigenvalue weighted by Gasteiger charge is -1.99. The van der Waals surface area contributed by atoms with E-state index in [-0.39, 0.29) is 5.75 Å². The van der Waals surface area contributed by atoms with Crippen molar-refractivity contribution in [3.05, 3.63) is 46.2 Å². The maximum atomic E-state index is 9.17. The molecular formula is C14H15NOS. The molecule has 1 aromatic carbocycles. The number of aliphatic imine (C=N–C) groups is 1. The fourth-order valence-corrected chi connectivity index (χ4v) is 2.42. The zero-order chi connectivity index (χ0) is 12.1. The van der Waals surface area contributed by atoms with Crippen molar-refractivity contribution in [2.45, 2.75) is 19.8 Å². The molecule has 0 spiro atoms. The second-order valence-electron chi connectivity index (χ2n) is 3.88. The minimum atomic E-state index is 0.269. The second kappa shape index (κ2) is 5.73. The summed E-state index contributed by atoms with van der Waals surface area (Å²) in [6.45, 7) is 2.12. The number of hydrogen-bond acceptors (Lipinski definition) is 3. The number of aromatic hydroxyl groups is 1.